The van der Waals surface area contributed by atoms with E-state index in [1.54, 1.807) is 0 Å². The Kier molecular flexibility index (Phi) is 2.76. The topological polar surface area (TPSA) is 35.0 Å². The minimum absolute atomic E-state index is 0.0768. The normalized spacial score (nSPS) is 9.82. The van der Waals surface area contributed by atoms with E-state index in [9.17, 15) is 0 Å². The van der Waals surface area contributed by atoms with Gasteiger partial charge in [0.25, 0.3) is 0 Å². The maximum absolute atomic E-state index is 5.65. The Balaban J connectivity index is 3.29. The largest absolute Gasteiger partial charge is 0.492 e. The number of hydrogen-bond acceptors (Lipinski definition) is 3. The Labute approximate surface area is 78.2 Å². The molecule has 0 bridgehead atoms. The third kappa shape index (κ3) is 1.67. The third-order valence-electron chi connectivity index (χ3n) is 0.998. The average molecular weight is 213 g/mol. The summed E-state index contributed by atoms with van der Waals surface area (Å²) >= 11 is 16.7. The first-order valence-electron chi connectivity index (χ1n) is 2.58. The monoisotopic (exact) mass is 212 g/mol. The molecule has 0 spiro atoms. The van der Waals surface area contributed by atoms with Gasteiger partial charge in [0, 0.05) is 0 Å². The van der Waals surface area contributed by atoms with Crippen molar-refractivity contribution in [3.8, 4) is 5.75 Å². The molecule has 11 heavy (non-hydrogen) atoms. The highest BCUT2D eigenvalue weighted by molar-refractivity contribution is 6.43. The number of halogens is 3. The van der Waals surface area contributed by atoms with Crippen LogP contribution in [0.2, 0.25) is 15.3 Å². The molecule has 0 aliphatic carbocycles. The molecule has 6 heteroatoms. The minimum atomic E-state index is 0.0768. The van der Waals surface area contributed by atoms with Gasteiger partial charge in [0.2, 0.25) is 0 Å². The lowest BCUT2D eigenvalue weighted by Crippen LogP contribution is -1.91. The van der Waals surface area contributed by atoms with Crippen molar-refractivity contribution in [2.24, 2.45) is 0 Å². The Bertz CT molecular complexity index is 279. The predicted octanol–water partition coefficient (Wildman–Crippen LogP) is 2.45. The van der Waals surface area contributed by atoms with E-state index in [4.69, 9.17) is 39.5 Å². The van der Waals surface area contributed by atoms with E-state index in [1.807, 2.05) is 0 Å². The Morgan fingerprint density at radius 2 is 1.64 bits per heavy atom. The molecule has 0 fully saturated rings. The van der Waals surface area contributed by atoms with Gasteiger partial charge in [-0.15, -0.1) is 10.2 Å². The van der Waals surface area contributed by atoms with Crippen LogP contribution in [-0.4, -0.2) is 17.3 Å². The highest BCUT2D eigenvalue weighted by Gasteiger charge is 2.11. The van der Waals surface area contributed by atoms with Gasteiger partial charge in [-0.2, -0.15) is 0 Å². The molecule has 1 aromatic rings. The summed E-state index contributed by atoms with van der Waals surface area (Å²) in [5, 5.41) is 7.29. The van der Waals surface area contributed by atoms with Gasteiger partial charge < -0.3 is 4.74 Å². The van der Waals surface area contributed by atoms with E-state index in [0.717, 1.165) is 0 Å². The van der Waals surface area contributed by atoms with Gasteiger partial charge in [-0.1, -0.05) is 34.8 Å². The van der Waals surface area contributed by atoms with E-state index in [0.29, 0.717) is 0 Å². The van der Waals surface area contributed by atoms with Crippen molar-refractivity contribution < 1.29 is 4.74 Å². The Morgan fingerprint density at radius 3 is 2.09 bits per heavy atom. The van der Waals surface area contributed by atoms with Crippen molar-refractivity contribution in [2.75, 3.05) is 7.11 Å². The van der Waals surface area contributed by atoms with Crippen LogP contribution in [0.1, 0.15) is 0 Å². The predicted molar refractivity (Wildman–Crippen MR) is 43.6 cm³/mol. The summed E-state index contributed by atoms with van der Waals surface area (Å²) in [5.74, 6) is 0.244. The zero-order valence-corrected chi connectivity index (χ0v) is 7.70. The fraction of sp³-hybridized carbons (Fsp3) is 0.200. The molecular weight excluding hydrogens is 210 g/mol. The standard InChI is InChI=1S/C5H3Cl3N2O/c1-11-3-2(6)4(7)9-10-5(3)8/h1H3. The molecule has 0 radical (unpaired) electrons. The van der Waals surface area contributed by atoms with Crippen molar-refractivity contribution >= 4 is 34.8 Å². The third-order valence-corrected chi connectivity index (χ3v) is 1.96. The highest BCUT2D eigenvalue weighted by Crippen LogP contribution is 2.34. The van der Waals surface area contributed by atoms with Gasteiger partial charge in [0.15, 0.2) is 16.1 Å². The molecule has 0 unspecified atom stereocenters. The molecule has 0 atom stereocenters. The number of aromatic nitrogens is 2. The maximum atomic E-state index is 5.65. The highest BCUT2D eigenvalue weighted by atomic mass is 35.5. The van der Waals surface area contributed by atoms with Crippen LogP contribution >= 0.6 is 34.8 Å². The molecule has 60 valence electrons. The lowest BCUT2D eigenvalue weighted by atomic mass is 10.5. The van der Waals surface area contributed by atoms with E-state index in [2.05, 4.69) is 10.2 Å². The summed E-state index contributed by atoms with van der Waals surface area (Å²) in [6.07, 6.45) is 0. The summed E-state index contributed by atoms with van der Waals surface area (Å²) in [7, 11) is 1.42. The lowest BCUT2D eigenvalue weighted by molar-refractivity contribution is 0.412. The molecule has 0 saturated heterocycles. The quantitative estimate of drug-likeness (QED) is 0.719. The van der Waals surface area contributed by atoms with Gasteiger partial charge >= 0.3 is 0 Å². The number of nitrogens with zero attached hydrogens (tertiary/aromatic N) is 2. The molecule has 3 nitrogen and oxygen atoms in total. The number of ether oxygens (including phenoxy) is 1. The Hall–Kier alpha value is -0.250. The maximum Gasteiger partial charge on any atom is 0.195 e. The van der Waals surface area contributed by atoms with E-state index in [1.165, 1.54) is 7.11 Å². The number of rotatable bonds is 1. The molecule has 1 rings (SSSR count). The Morgan fingerprint density at radius 1 is 1.09 bits per heavy atom. The van der Waals surface area contributed by atoms with Crippen molar-refractivity contribution in [3.05, 3.63) is 15.3 Å². The van der Waals surface area contributed by atoms with Crippen LogP contribution in [0.5, 0.6) is 5.75 Å². The molecule has 0 amide bonds. The second-order valence-corrected chi connectivity index (χ2v) is 2.72. The van der Waals surface area contributed by atoms with Crippen LogP contribution in [0.25, 0.3) is 0 Å². The van der Waals surface area contributed by atoms with Gasteiger partial charge in [0.05, 0.1) is 7.11 Å². The smallest absolute Gasteiger partial charge is 0.195 e. The van der Waals surface area contributed by atoms with Crippen molar-refractivity contribution in [2.45, 2.75) is 0 Å². The number of hydrogen-bond donors (Lipinski definition) is 0. The molecule has 0 aromatic carbocycles. The molecule has 0 aliphatic heterocycles. The summed E-state index contributed by atoms with van der Waals surface area (Å²) < 4.78 is 4.81. The summed E-state index contributed by atoms with van der Waals surface area (Å²) in [5.41, 5.74) is 0. The van der Waals surface area contributed by atoms with E-state index >= 15 is 0 Å². The van der Waals surface area contributed by atoms with Crippen LogP contribution in [0, 0.1) is 0 Å². The summed E-state index contributed by atoms with van der Waals surface area (Å²) in [6.45, 7) is 0. The summed E-state index contributed by atoms with van der Waals surface area (Å²) in [6, 6.07) is 0. The SMILES string of the molecule is COc1c(Cl)nnc(Cl)c1Cl. The second kappa shape index (κ2) is 3.43. The average Bonchev–Trinajstić information content (AvgIpc) is 1.99. The van der Waals surface area contributed by atoms with Gasteiger partial charge in [-0.25, -0.2) is 0 Å². The first-order chi connectivity index (χ1) is 5.16. The fourth-order valence-electron chi connectivity index (χ4n) is 0.535. The lowest BCUT2D eigenvalue weighted by Gasteiger charge is -2.03. The first-order valence-corrected chi connectivity index (χ1v) is 3.71. The van der Waals surface area contributed by atoms with Crippen LogP contribution in [0.4, 0.5) is 0 Å². The molecule has 1 aromatic heterocycles. The van der Waals surface area contributed by atoms with Crippen LogP contribution in [0.3, 0.4) is 0 Å². The molecule has 1 heterocycles. The van der Waals surface area contributed by atoms with Crippen LogP contribution < -0.4 is 4.74 Å². The zero-order valence-electron chi connectivity index (χ0n) is 5.44. The van der Waals surface area contributed by atoms with Crippen molar-refractivity contribution in [1.82, 2.24) is 10.2 Å². The number of methoxy groups -OCH3 is 1. The molecule has 0 N–H and O–H groups in total. The second-order valence-electron chi connectivity index (χ2n) is 1.63. The van der Waals surface area contributed by atoms with Gasteiger partial charge in [-0.3, -0.25) is 0 Å². The van der Waals surface area contributed by atoms with E-state index in [-0.39, 0.29) is 21.1 Å². The van der Waals surface area contributed by atoms with Crippen LogP contribution in [0.15, 0.2) is 0 Å². The van der Waals surface area contributed by atoms with Crippen molar-refractivity contribution in [1.29, 1.82) is 0 Å². The minimum Gasteiger partial charge on any atom is -0.492 e. The molecule has 0 aliphatic rings. The zero-order chi connectivity index (χ0) is 8.43. The van der Waals surface area contributed by atoms with Gasteiger partial charge in [0.1, 0.15) is 5.02 Å². The van der Waals surface area contributed by atoms with Gasteiger partial charge in [-0.05, 0) is 0 Å². The summed E-state index contributed by atoms with van der Waals surface area (Å²) in [4.78, 5) is 0. The van der Waals surface area contributed by atoms with Crippen LogP contribution in [-0.2, 0) is 0 Å². The van der Waals surface area contributed by atoms with Crippen molar-refractivity contribution in [3.63, 3.8) is 0 Å². The van der Waals surface area contributed by atoms with E-state index < -0.39 is 0 Å². The molecular formula is C5H3Cl3N2O. The molecule has 0 saturated carbocycles. The fourth-order valence-corrected chi connectivity index (χ4v) is 1.12. The first kappa shape index (κ1) is 8.84.